The Hall–Kier alpha value is -1.10. The van der Waals surface area contributed by atoms with Crippen LogP contribution < -0.4 is 10.5 Å². The molecule has 19 heavy (non-hydrogen) atoms. The van der Waals surface area contributed by atoms with Crippen molar-refractivity contribution in [1.29, 1.82) is 0 Å². The van der Waals surface area contributed by atoms with E-state index in [1.54, 1.807) is 24.3 Å². The van der Waals surface area contributed by atoms with Crippen LogP contribution >= 0.6 is 27.5 Å². The molecule has 2 N–H and O–H groups in total. The van der Waals surface area contributed by atoms with E-state index >= 15 is 0 Å². The van der Waals surface area contributed by atoms with Gasteiger partial charge in [0, 0.05) is 6.07 Å². The van der Waals surface area contributed by atoms with Crippen LogP contribution in [0.2, 0.25) is 5.02 Å². The van der Waals surface area contributed by atoms with Crippen molar-refractivity contribution in [2.24, 2.45) is 5.73 Å². The molecule has 0 spiro atoms. The fourth-order valence-electron chi connectivity index (χ4n) is 1.62. The Labute approximate surface area is 124 Å². The Morgan fingerprint density at radius 2 is 2.00 bits per heavy atom. The molecule has 0 fully saturated rings. The van der Waals surface area contributed by atoms with E-state index in [0.717, 1.165) is 12.0 Å². The topological polar surface area (TPSA) is 35.2 Å². The molecule has 0 saturated heterocycles. The minimum atomic E-state index is -0.381. The van der Waals surface area contributed by atoms with Crippen LogP contribution in [-0.2, 0) is 6.42 Å². The van der Waals surface area contributed by atoms with Crippen LogP contribution in [0.1, 0.15) is 5.56 Å². The predicted molar refractivity (Wildman–Crippen MR) is 78.4 cm³/mol. The Morgan fingerprint density at radius 3 is 2.63 bits per heavy atom. The summed E-state index contributed by atoms with van der Waals surface area (Å²) in [6, 6.07) is 10.0. The standard InChI is InChI=1S/C14H12BrClFNO/c15-11-3-2-10(8-13(11)17)19-14-4-1-9(5-6-18)7-12(14)16/h1-4,7-8H,5-6,18H2. The molecule has 2 nitrogen and oxygen atoms in total. The maximum atomic E-state index is 13.4. The van der Waals surface area contributed by atoms with Crippen LogP contribution in [0.25, 0.3) is 0 Å². The third-order valence-corrected chi connectivity index (χ3v) is 3.49. The molecule has 0 unspecified atom stereocenters. The van der Waals surface area contributed by atoms with E-state index in [0.29, 0.717) is 27.5 Å². The Morgan fingerprint density at radius 1 is 1.21 bits per heavy atom. The van der Waals surface area contributed by atoms with Gasteiger partial charge >= 0.3 is 0 Å². The van der Waals surface area contributed by atoms with Gasteiger partial charge in [-0.2, -0.15) is 0 Å². The second-order valence-corrected chi connectivity index (χ2v) is 5.24. The van der Waals surface area contributed by atoms with Crippen molar-refractivity contribution in [3.63, 3.8) is 0 Å². The molecule has 2 aromatic rings. The number of hydrogen-bond acceptors (Lipinski definition) is 2. The molecule has 5 heteroatoms. The Bertz CT molecular complexity index is 592. The molecule has 2 rings (SSSR count). The number of benzene rings is 2. The highest BCUT2D eigenvalue weighted by atomic mass is 79.9. The van der Waals surface area contributed by atoms with Crippen LogP contribution in [0, 0.1) is 5.82 Å². The van der Waals surface area contributed by atoms with Gasteiger partial charge < -0.3 is 10.5 Å². The molecule has 0 atom stereocenters. The lowest BCUT2D eigenvalue weighted by molar-refractivity contribution is 0.476. The molecule has 0 saturated carbocycles. The fourth-order valence-corrected chi connectivity index (χ4v) is 2.10. The van der Waals surface area contributed by atoms with E-state index in [4.69, 9.17) is 22.1 Å². The molecule has 2 aromatic carbocycles. The van der Waals surface area contributed by atoms with Gasteiger partial charge in [0.1, 0.15) is 17.3 Å². The van der Waals surface area contributed by atoms with Crippen LogP contribution in [0.5, 0.6) is 11.5 Å². The van der Waals surface area contributed by atoms with Crippen molar-refractivity contribution in [1.82, 2.24) is 0 Å². The average Bonchev–Trinajstić information content (AvgIpc) is 2.37. The van der Waals surface area contributed by atoms with Crippen molar-refractivity contribution >= 4 is 27.5 Å². The average molecular weight is 345 g/mol. The molecule has 0 aromatic heterocycles. The van der Waals surface area contributed by atoms with Gasteiger partial charge in [0.15, 0.2) is 0 Å². The van der Waals surface area contributed by atoms with Gasteiger partial charge in [0.2, 0.25) is 0 Å². The summed E-state index contributed by atoms with van der Waals surface area (Å²) in [7, 11) is 0. The summed E-state index contributed by atoms with van der Waals surface area (Å²) in [5, 5.41) is 0.481. The van der Waals surface area contributed by atoms with Crippen LogP contribution in [0.4, 0.5) is 4.39 Å². The number of ether oxygens (including phenoxy) is 1. The molecule has 0 aliphatic heterocycles. The minimum Gasteiger partial charge on any atom is -0.456 e. The van der Waals surface area contributed by atoms with Gasteiger partial charge in [-0.15, -0.1) is 0 Å². The van der Waals surface area contributed by atoms with E-state index < -0.39 is 0 Å². The monoisotopic (exact) mass is 343 g/mol. The van der Waals surface area contributed by atoms with Crippen molar-refractivity contribution < 1.29 is 9.13 Å². The first-order valence-electron chi connectivity index (χ1n) is 5.71. The summed E-state index contributed by atoms with van der Waals surface area (Å²) >= 11 is 9.20. The van der Waals surface area contributed by atoms with Gasteiger partial charge in [0.25, 0.3) is 0 Å². The number of nitrogens with two attached hydrogens (primary N) is 1. The van der Waals surface area contributed by atoms with Gasteiger partial charge in [-0.25, -0.2) is 4.39 Å². The Balaban J connectivity index is 2.20. The highest BCUT2D eigenvalue weighted by Crippen LogP contribution is 2.31. The van der Waals surface area contributed by atoms with E-state index in [1.165, 1.54) is 6.07 Å². The lowest BCUT2D eigenvalue weighted by atomic mass is 10.1. The lowest BCUT2D eigenvalue weighted by Gasteiger charge is -2.09. The number of halogens is 3. The molecular weight excluding hydrogens is 333 g/mol. The molecule has 0 radical (unpaired) electrons. The minimum absolute atomic E-state index is 0.381. The van der Waals surface area contributed by atoms with E-state index in [2.05, 4.69) is 15.9 Å². The summed E-state index contributed by atoms with van der Waals surface area (Å²) in [5.74, 6) is 0.506. The first-order chi connectivity index (χ1) is 9.10. The zero-order valence-electron chi connectivity index (χ0n) is 10.00. The molecular formula is C14H12BrClFNO. The molecule has 0 aliphatic rings. The SMILES string of the molecule is NCCc1ccc(Oc2ccc(Br)c(F)c2)c(Cl)c1. The van der Waals surface area contributed by atoms with Gasteiger partial charge in [-0.05, 0) is 58.7 Å². The largest absolute Gasteiger partial charge is 0.456 e. The van der Waals surface area contributed by atoms with E-state index in [-0.39, 0.29) is 5.82 Å². The van der Waals surface area contributed by atoms with Gasteiger partial charge in [-0.3, -0.25) is 0 Å². The summed E-state index contributed by atoms with van der Waals surface area (Å²) in [6.45, 7) is 0.564. The fraction of sp³-hybridized carbons (Fsp3) is 0.143. The molecule has 0 heterocycles. The normalized spacial score (nSPS) is 10.5. The third kappa shape index (κ3) is 3.69. The van der Waals surface area contributed by atoms with Crippen molar-refractivity contribution in [2.45, 2.75) is 6.42 Å². The van der Waals surface area contributed by atoms with Crippen molar-refractivity contribution in [3.05, 3.63) is 57.3 Å². The summed E-state index contributed by atoms with van der Waals surface area (Å²) in [5.41, 5.74) is 6.53. The highest BCUT2D eigenvalue weighted by Gasteiger charge is 2.06. The second-order valence-electron chi connectivity index (χ2n) is 3.98. The first-order valence-corrected chi connectivity index (χ1v) is 6.88. The smallest absolute Gasteiger partial charge is 0.146 e. The van der Waals surface area contributed by atoms with E-state index in [1.807, 2.05) is 6.07 Å². The van der Waals surface area contributed by atoms with Crippen LogP contribution in [0.15, 0.2) is 40.9 Å². The van der Waals surface area contributed by atoms with E-state index in [9.17, 15) is 4.39 Å². The van der Waals surface area contributed by atoms with Crippen LogP contribution in [-0.4, -0.2) is 6.54 Å². The summed E-state index contributed by atoms with van der Waals surface area (Å²) < 4.78 is 19.3. The third-order valence-electron chi connectivity index (χ3n) is 2.55. The predicted octanol–water partition coefficient (Wildman–Crippen LogP) is 4.54. The van der Waals surface area contributed by atoms with Crippen LogP contribution in [0.3, 0.4) is 0 Å². The summed E-state index contributed by atoms with van der Waals surface area (Å²) in [6.07, 6.45) is 0.757. The number of rotatable bonds is 4. The van der Waals surface area contributed by atoms with Gasteiger partial charge in [-0.1, -0.05) is 17.7 Å². The summed E-state index contributed by atoms with van der Waals surface area (Å²) in [4.78, 5) is 0. The van der Waals surface area contributed by atoms with Crippen molar-refractivity contribution in [2.75, 3.05) is 6.54 Å². The first kappa shape index (κ1) is 14.3. The molecule has 100 valence electrons. The lowest BCUT2D eigenvalue weighted by Crippen LogP contribution is -2.02. The Kier molecular flexibility index (Phi) is 4.80. The maximum Gasteiger partial charge on any atom is 0.146 e. The van der Waals surface area contributed by atoms with Crippen molar-refractivity contribution in [3.8, 4) is 11.5 Å². The maximum absolute atomic E-state index is 13.4. The quantitative estimate of drug-likeness (QED) is 0.884. The second kappa shape index (κ2) is 6.37. The highest BCUT2D eigenvalue weighted by molar-refractivity contribution is 9.10. The molecule has 0 amide bonds. The molecule has 0 aliphatic carbocycles. The number of hydrogen-bond donors (Lipinski definition) is 1. The zero-order chi connectivity index (χ0) is 13.8. The molecule has 0 bridgehead atoms. The zero-order valence-corrected chi connectivity index (χ0v) is 12.3. The van der Waals surface area contributed by atoms with Gasteiger partial charge in [0.05, 0.1) is 9.50 Å².